The zero-order valence-electron chi connectivity index (χ0n) is 11.3. The average Bonchev–Trinajstić information content (AvgIpc) is 2.87. The van der Waals surface area contributed by atoms with Gasteiger partial charge < -0.3 is 9.84 Å². The summed E-state index contributed by atoms with van der Waals surface area (Å²) in [6, 6.07) is 4.44. The van der Waals surface area contributed by atoms with Gasteiger partial charge in [-0.1, -0.05) is 5.21 Å². The van der Waals surface area contributed by atoms with Crippen LogP contribution >= 0.6 is 0 Å². The number of nitrogens with zero attached hydrogens (tertiary/aromatic N) is 4. The van der Waals surface area contributed by atoms with Crippen molar-refractivity contribution in [2.24, 2.45) is 0 Å². The third-order valence-electron chi connectivity index (χ3n) is 2.74. The van der Waals surface area contributed by atoms with Crippen molar-refractivity contribution < 1.29 is 14.8 Å². The summed E-state index contributed by atoms with van der Waals surface area (Å²) in [5.74, 6) is 0.168. The minimum atomic E-state index is -1.13. The van der Waals surface area contributed by atoms with E-state index >= 15 is 0 Å². The molecule has 1 aromatic heterocycles. The number of aromatic nitrogens is 3. The summed E-state index contributed by atoms with van der Waals surface area (Å²) in [6.07, 6.45) is 1.52. The fourth-order valence-electron chi connectivity index (χ4n) is 1.63. The average molecular weight is 278 g/mol. The Labute approximate surface area is 114 Å². The Bertz CT molecular complexity index is 645. The van der Waals surface area contributed by atoms with Gasteiger partial charge in [-0.2, -0.15) is 0 Å². The maximum atomic E-state index is 11.0. The quantitative estimate of drug-likeness (QED) is 0.670. The second-order valence-electron chi connectivity index (χ2n) is 4.72. The molecule has 1 aromatic carbocycles. The third-order valence-corrected chi connectivity index (χ3v) is 2.74. The summed E-state index contributed by atoms with van der Waals surface area (Å²) in [7, 11) is 1.36. The van der Waals surface area contributed by atoms with Crippen LogP contribution in [0.3, 0.4) is 0 Å². The minimum Gasteiger partial charge on any atom is -0.490 e. The van der Waals surface area contributed by atoms with Gasteiger partial charge in [-0.25, -0.2) is 4.68 Å². The predicted octanol–water partition coefficient (Wildman–Crippen LogP) is 1.41. The van der Waals surface area contributed by atoms with E-state index in [9.17, 15) is 15.2 Å². The molecule has 0 aliphatic heterocycles. The summed E-state index contributed by atoms with van der Waals surface area (Å²) in [5.41, 5.74) is -0.460. The lowest BCUT2D eigenvalue weighted by Crippen LogP contribution is -2.15. The fraction of sp³-hybridized carbons (Fsp3) is 0.333. The molecular formula is C12H14N4O4. The lowest BCUT2D eigenvalue weighted by molar-refractivity contribution is -0.385. The third kappa shape index (κ3) is 2.59. The Morgan fingerprint density at radius 1 is 1.45 bits per heavy atom. The summed E-state index contributed by atoms with van der Waals surface area (Å²) in [6.45, 7) is 3.16. The fourth-order valence-corrected chi connectivity index (χ4v) is 1.63. The molecule has 8 heteroatoms. The number of methoxy groups -OCH3 is 1. The maximum absolute atomic E-state index is 11.0. The van der Waals surface area contributed by atoms with Gasteiger partial charge in [-0.15, -0.1) is 5.10 Å². The van der Waals surface area contributed by atoms with Crippen molar-refractivity contribution in [3.05, 3.63) is 40.2 Å². The molecule has 1 heterocycles. The van der Waals surface area contributed by atoms with Crippen molar-refractivity contribution in [1.29, 1.82) is 0 Å². The van der Waals surface area contributed by atoms with E-state index in [2.05, 4.69) is 10.3 Å². The van der Waals surface area contributed by atoms with Crippen molar-refractivity contribution in [2.75, 3.05) is 7.11 Å². The molecule has 2 rings (SSSR count). The highest BCUT2D eigenvalue weighted by Gasteiger charge is 2.21. The van der Waals surface area contributed by atoms with Crippen LogP contribution in [0.1, 0.15) is 19.5 Å². The van der Waals surface area contributed by atoms with Crippen molar-refractivity contribution in [1.82, 2.24) is 15.0 Å². The molecule has 0 atom stereocenters. The molecule has 0 unspecified atom stereocenters. The normalized spacial score (nSPS) is 11.4. The smallest absolute Gasteiger partial charge is 0.313 e. The molecule has 0 saturated carbocycles. The van der Waals surface area contributed by atoms with Crippen LogP contribution in [0.2, 0.25) is 0 Å². The first-order valence-corrected chi connectivity index (χ1v) is 5.81. The van der Waals surface area contributed by atoms with E-state index in [0.717, 1.165) is 0 Å². The van der Waals surface area contributed by atoms with Crippen LogP contribution in [0, 0.1) is 10.1 Å². The second kappa shape index (κ2) is 4.89. The minimum absolute atomic E-state index is 0.162. The van der Waals surface area contributed by atoms with E-state index in [4.69, 9.17) is 4.74 Å². The first-order chi connectivity index (χ1) is 9.32. The standard InChI is InChI=1S/C12H14N4O4/c1-12(2,17)11-7-15(14-13-11)8-4-5-10(20-3)9(6-8)16(18)19/h4-7,17H,1-3H3. The molecule has 0 radical (unpaired) electrons. The lowest BCUT2D eigenvalue weighted by Gasteiger charge is -2.11. The van der Waals surface area contributed by atoms with Crippen molar-refractivity contribution in [2.45, 2.75) is 19.4 Å². The van der Waals surface area contributed by atoms with Crippen molar-refractivity contribution in [3.8, 4) is 11.4 Å². The van der Waals surface area contributed by atoms with Gasteiger partial charge in [0.15, 0.2) is 5.75 Å². The van der Waals surface area contributed by atoms with E-state index in [-0.39, 0.29) is 11.4 Å². The van der Waals surface area contributed by atoms with E-state index in [1.165, 1.54) is 30.1 Å². The summed E-state index contributed by atoms with van der Waals surface area (Å²) in [4.78, 5) is 10.4. The van der Waals surface area contributed by atoms with Gasteiger partial charge in [0.2, 0.25) is 0 Å². The molecule has 0 bridgehead atoms. The Kier molecular flexibility index (Phi) is 3.41. The van der Waals surface area contributed by atoms with Crippen LogP contribution in [0.5, 0.6) is 5.75 Å². The molecular weight excluding hydrogens is 264 g/mol. The molecule has 1 N–H and O–H groups in total. The van der Waals surface area contributed by atoms with E-state index < -0.39 is 10.5 Å². The highest BCUT2D eigenvalue weighted by molar-refractivity contribution is 5.53. The predicted molar refractivity (Wildman–Crippen MR) is 69.8 cm³/mol. The monoisotopic (exact) mass is 278 g/mol. The Hall–Kier alpha value is -2.48. The zero-order chi connectivity index (χ0) is 14.9. The van der Waals surface area contributed by atoms with E-state index in [1.54, 1.807) is 19.9 Å². The highest BCUT2D eigenvalue weighted by Crippen LogP contribution is 2.29. The van der Waals surface area contributed by atoms with Gasteiger partial charge in [-0.05, 0) is 26.0 Å². The zero-order valence-corrected chi connectivity index (χ0v) is 11.3. The van der Waals surface area contributed by atoms with Crippen molar-refractivity contribution >= 4 is 5.69 Å². The molecule has 0 saturated heterocycles. The summed E-state index contributed by atoms with van der Waals surface area (Å²) >= 11 is 0. The largest absolute Gasteiger partial charge is 0.490 e. The topological polar surface area (TPSA) is 103 Å². The number of ether oxygens (including phenoxy) is 1. The summed E-state index contributed by atoms with van der Waals surface area (Å²) < 4.78 is 6.29. The molecule has 8 nitrogen and oxygen atoms in total. The molecule has 0 fully saturated rings. The maximum Gasteiger partial charge on any atom is 0.313 e. The molecule has 0 aliphatic rings. The number of nitro groups is 1. The van der Waals surface area contributed by atoms with Crippen LogP contribution in [-0.2, 0) is 5.60 Å². The van der Waals surface area contributed by atoms with Crippen LogP contribution in [-0.4, -0.2) is 32.1 Å². The van der Waals surface area contributed by atoms with E-state index in [1.807, 2.05) is 0 Å². The van der Waals surface area contributed by atoms with Gasteiger partial charge in [0.25, 0.3) is 0 Å². The molecule has 2 aromatic rings. The lowest BCUT2D eigenvalue weighted by atomic mass is 10.1. The summed E-state index contributed by atoms with van der Waals surface area (Å²) in [5, 5.41) is 28.5. The Balaban J connectivity index is 2.46. The van der Waals surface area contributed by atoms with Gasteiger partial charge in [0.1, 0.15) is 11.3 Å². The molecule has 0 spiro atoms. The van der Waals surface area contributed by atoms with Crippen LogP contribution in [0.25, 0.3) is 5.69 Å². The Morgan fingerprint density at radius 3 is 2.65 bits per heavy atom. The van der Waals surface area contributed by atoms with E-state index in [0.29, 0.717) is 11.4 Å². The number of benzene rings is 1. The van der Waals surface area contributed by atoms with Gasteiger partial charge in [0, 0.05) is 6.07 Å². The van der Waals surface area contributed by atoms with Gasteiger partial charge in [0.05, 0.1) is 23.9 Å². The van der Waals surface area contributed by atoms with Gasteiger partial charge >= 0.3 is 5.69 Å². The number of rotatable bonds is 4. The molecule has 20 heavy (non-hydrogen) atoms. The van der Waals surface area contributed by atoms with Crippen molar-refractivity contribution in [3.63, 3.8) is 0 Å². The second-order valence-corrected chi connectivity index (χ2v) is 4.72. The number of hydrogen-bond donors (Lipinski definition) is 1. The van der Waals surface area contributed by atoms with Crippen LogP contribution in [0.15, 0.2) is 24.4 Å². The molecule has 0 amide bonds. The number of nitro benzene ring substituents is 1. The number of aliphatic hydroxyl groups is 1. The highest BCUT2D eigenvalue weighted by atomic mass is 16.6. The van der Waals surface area contributed by atoms with Crippen LogP contribution < -0.4 is 4.74 Å². The number of hydrogen-bond acceptors (Lipinski definition) is 6. The molecule has 106 valence electrons. The van der Waals surface area contributed by atoms with Gasteiger partial charge in [-0.3, -0.25) is 10.1 Å². The van der Waals surface area contributed by atoms with Crippen LogP contribution in [0.4, 0.5) is 5.69 Å². The Morgan fingerprint density at radius 2 is 2.15 bits per heavy atom. The first-order valence-electron chi connectivity index (χ1n) is 5.81. The first kappa shape index (κ1) is 13.9. The SMILES string of the molecule is COc1ccc(-n2cc(C(C)(C)O)nn2)cc1[N+](=O)[O-]. The molecule has 0 aliphatic carbocycles.